The van der Waals surface area contributed by atoms with Crippen molar-refractivity contribution in [2.24, 2.45) is 0 Å². The van der Waals surface area contributed by atoms with Gasteiger partial charge in [0.1, 0.15) is 0 Å². The van der Waals surface area contributed by atoms with Crippen LogP contribution in [-0.4, -0.2) is 22.5 Å². The lowest BCUT2D eigenvalue weighted by Crippen LogP contribution is -2.13. The lowest BCUT2D eigenvalue weighted by atomic mass is 10.3. The molecule has 0 spiro atoms. The van der Waals surface area contributed by atoms with E-state index in [9.17, 15) is 8.42 Å². The Morgan fingerprint density at radius 3 is 2.76 bits per heavy atom. The van der Waals surface area contributed by atoms with E-state index in [1.807, 2.05) is 18.2 Å². The van der Waals surface area contributed by atoms with Crippen molar-refractivity contribution < 1.29 is 13.0 Å². The van der Waals surface area contributed by atoms with Crippen LogP contribution < -0.4 is 0 Å². The van der Waals surface area contributed by atoms with Gasteiger partial charge < -0.3 is 0 Å². The first-order valence-corrected chi connectivity index (χ1v) is 7.59. The molecule has 0 aliphatic carbocycles. The van der Waals surface area contributed by atoms with Crippen LogP contribution in [0.15, 0.2) is 28.6 Å². The maximum Gasteiger partial charge on any atom is 0.291 e. The number of nitrogens with zero attached hydrogens (tertiary/aromatic N) is 2. The van der Waals surface area contributed by atoms with E-state index in [1.165, 1.54) is 17.4 Å². The molecule has 1 unspecified atom stereocenters. The molecule has 17 heavy (non-hydrogen) atoms. The summed E-state index contributed by atoms with van der Waals surface area (Å²) in [6, 6.07) is 8.84. The van der Waals surface area contributed by atoms with E-state index in [1.54, 1.807) is 6.07 Å². The van der Waals surface area contributed by atoms with Crippen LogP contribution >= 0.6 is 23.1 Å². The number of benzene rings is 1. The molecule has 5 nitrogen and oxygen atoms in total. The van der Waals surface area contributed by atoms with Gasteiger partial charge in [0.05, 0.1) is 16.3 Å². The number of thioether (sulfide) groups is 1. The molecule has 0 saturated carbocycles. The molecular weight excluding hydrogens is 280 g/mol. The highest BCUT2D eigenvalue weighted by Crippen LogP contribution is 2.33. The van der Waals surface area contributed by atoms with Gasteiger partial charge in [-0.2, -0.15) is 13.7 Å². The third-order valence-corrected chi connectivity index (χ3v) is 5.50. The van der Waals surface area contributed by atoms with Gasteiger partial charge in [0.15, 0.2) is 4.34 Å². The van der Waals surface area contributed by atoms with E-state index in [0.717, 1.165) is 22.0 Å². The van der Waals surface area contributed by atoms with E-state index in [0.29, 0.717) is 4.34 Å². The van der Waals surface area contributed by atoms with Crippen LogP contribution in [0, 0.1) is 11.3 Å². The van der Waals surface area contributed by atoms with Crippen molar-refractivity contribution in [3.63, 3.8) is 0 Å². The Balaban J connectivity index is 2.33. The third-order valence-electron chi connectivity index (χ3n) is 1.86. The van der Waals surface area contributed by atoms with E-state index >= 15 is 0 Å². The highest BCUT2D eigenvalue weighted by atomic mass is 32.3. The Hall–Kier alpha value is -1.14. The van der Waals surface area contributed by atoms with Crippen molar-refractivity contribution in [3.8, 4) is 6.07 Å². The zero-order chi connectivity index (χ0) is 12.5. The van der Waals surface area contributed by atoms with Gasteiger partial charge >= 0.3 is 0 Å². The second kappa shape index (κ2) is 4.62. The van der Waals surface area contributed by atoms with Crippen LogP contribution in [0.5, 0.6) is 0 Å². The van der Waals surface area contributed by atoms with Crippen LogP contribution in [0.1, 0.15) is 0 Å². The average molecular weight is 286 g/mol. The standard InChI is InChI=1S/C9H6N2O3S3/c10-5-8(17(12,13)14)16-9-11-6-3-1-2-4-7(6)15-9/h1-4,8H,(H,12,13,14). The lowest BCUT2D eigenvalue weighted by Gasteiger charge is -2.00. The van der Waals surface area contributed by atoms with Crippen molar-refractivity contribution in [3.05, 3.63) is 24.3 Å². The number of hydrogen-bond acceptors (Lipinski definition) is 6. The minimum Gasteiger partial charge on any atom is -0.284 e. The second-order valence-corrected chi connectivity index (χ2v) is 7.22. The molecule has 0 aliphatic rings. The predicted molar refractivity (Wildman–Crippen MR) is 66.4 cm³/mol. The SMILES string of the molecule is N#CC(Sc1nc2ccccc2s1)S(=O)(=O)O. The van der Waals surface area contributed by atoms with Gasteiger partial charge in [-0.3, -0.25) is 4.55 Å². The number of aromatic nitrogens is 1. The first-order chi connectivity index (χ1) is 8.00. The molecule has 1 aromatic heterocycles. The molecule has 0 bridgehead atoms. The van der Waals surface area contributed by atoms with Crippen LogP contribution in [0.25, 0.3) is 10.2 Å². The number of para-hydroxylation sites is 1. The van der Waals surface area contributed by atoms with Crippen molar-refractivity contribution in [1.82, 2.24) is 4.98 Å². The normalized spacial score (nSPS) is 13.4. The molecule has 1 aromatic carbocycles. The maximum absolute atomic E-state index is 10.9. The molecule has 1 atom stereocenters. The largest absolute Gasteiger partial charge is 0.291 e. The summed E-state index contributed by atoms with van der Waals surface area (Å²) < 4.78 is 30.4. The Bertz CT molecular complexity index is 654. The topological polar surface area (TPSA) is 91.0 Å². The molecule has 88 valence electrons. The molecule has 0 aliphatic heterocycles. The molecular formula is C9H6N2O3S3. The fourth-order valence-corrected chi connectivity index (χ4v) is 4.06. The molecule has 2 rings (SSSR count). The Kier molecular flexibility index (Phi) is 3.35. The molecule has 1 heterocycles. The Morgan fingerprint density at radius 1 is 1.47 bits per heavy atom. The zero-order valence-corrected chi connectivity index (χ0v) is 10.7. The van der Waals surface area contributed by atoms with Crippen LogP contribution in [0.2, 0.25) is 0 Å². The number of hydrogen-bond donors (Lipinski definition) is 1. The van der Waals surface area contributed by atoms with Crippen molar-refractivity contribution in [1.29, 1.82) is 5.26 Å². The highest BCUT2D eigenvalue weighted by molar-refractivity contribution is 8.13. The van der Waals surface area contributed by atoms with Gasteiger partial charge in [-0.25, -0.2) is 4.98 Å². The number of rotatable bonds is 3. The van der Waals surface area contributed by atoms with Gasteiger partial charge in [-0.05, 0) is 12.1 Å². The van der Waals surface area contributed by atoms with Gasteiger partial charge in [-0.1, -0.05) is 23.9 Å². The van der Waals surface area contributed by atoms with Crippen LogP contribution in [0.3, 0.4) is 0 Å². The molecule has 1 N–H and O–H groups in total. The molecule has 0 radical (unpaired) electrons. The predicted octanol–water partition coefficient (Wildman–Crippen LogP) is 2.13. The number of fused-ring (bicyclic) bond motifs is 1. The lowest BCUT2D eigenvalue weighted by molar-refractivity contribution is 0.485. The van der Waals surface area contributed by atoms with Gasteiger partial charge in [-0.15, -0.1) is 11.3 Å². The van der Waals surface area contributed by atoms with E-state index in [-0.39, 0.29) is 0 Å². The fourth-order valence-electron chi connectivity index (χ4n) is 1.15. The second-order valence-electron chi connectivity index (χ2n) is 3.04. The quantitative estimate of drug-likeness (QED) is 0.686. The summed E-state index contributed by atoms with van der Waals surface area (Å²) in [4.78, 5) is 4.17. The molecule has 0 amide bonds. The molecule has 2 aromatic rings. The summed E-state index contributed by atoms with van der Waals surface area (Å²) in [5, 5.41) is 8.66. The van der Waals surface area contributed by atoms with Gasteiger partial charge in [0.25, 0.3) is 10.1 Å². The smallest absolute Gasteiger partial charge is 0.284 e. The first kappa shape index (κ1) is 12.3. The summed E-state index contributed by atoms with van der Waals surface area (Å²) in [7, 11) is -4.38. The first-order valence-electron chi connectivity index (χ1n) is 4.39. The highest BCUT2D eigenvalue weighted by Gasteiger charge is 2.25. The van der Waals surface area contributed by atoms with Crippen LogP contribution in [-0.2, 0) is 10.1 Å². The summed E-state index contributed by atoms with van der Waals surface area (Å²) >= 11 is 2.01. The summed E-state index contributed by atoms with van der Waals surface area (Å²) in [6.45, 7) is 0. The van der Waals surface area contributed by atoms with Gasteiger partial charge in [0, 0.05) is 0 Å². The minimum absolute atomic E-state index is 0.440. The molecule has 0 saturated heterocycles. The van der Waals surface area contributed by atoms with E-state index < -0.39 is 14.7 Å². The Morgan fingerprint density at radius 2 is 2.18 bits per heavy atom. The van der Waals surface area contributed by atoms with Crippen molar-refractivity contribution in [2.45, 2.75) is 8.92 Å². The maximum atomic E-state index is 10.9. The average Bonchev–Trinajstić information content (AvgIpc) is 2.66. The molecule has 8 heteroatoms. The van der Waals surface area contributed by atoms with Crippen molar-refractivity contribution in [2.75, 3.05) is 0 Å². The minimum atomic E-state index is -4.38. The summed E-state index contributed by atoms with van der Waals surface area (Å²) in [5.41, 5.74) is 0.743. The zero-order valence-electron chi connectivity index (χ0n) is 8.27. The molecule has 0 fully saturated rings. The number of nitriles is 1. The van der Waals surface area contributed by atoms with Crippen molar-refractivity contribution >= 4 is 43.4 Å². The number of thiazole rings is 1. The summed E-state index contributed by atoms with van der Waals surface area (Å²) in [5.74, 6) is 0. The van der Waals surface area contributed by atoms with Gasteiger partial charge in [0.2, 0.25) is 4.58 Å². The monoisotopic (exact) mass is 286 g/mol. The van der Waals surface area contributed by atoms with E-state index in [2.05, 4.69) is 4.98 Å². The third kappa shape index (κ3) is 2.76. The summed E-state index contributed by atoms with van der Waals surface area (Å²) in [6.07, 6.45) is 0. The van der Waals surface area contributed by atoms with Crippen LogP contribution in [0.4, 0.5) is 0 Å². The van der Waals surface area contributed by atoms with E-state index in [4.69, 9.17) is 9.81 Å². The Labute approximate surface area is 106 Å². The fraction of sp³-hybridized carbons (Fsp3) is 0.111.